The van der Waals surface area contributed by atoms with Crippen LogP contribution in [0.5, 0.6) is 0 Å². The monoisotopic (exact) mass is 362 g/mol. The second kappa shape index (κ2) is 6.95. The fourth-order valence-electron chi connectivity index (χ4n) is 2.74. The lowest BCUT2D eigenvalue weighted by Crippen LogP contribution is -2.22. The largest absolute Gasteiger partial charge is 0.339 e. The molecule has 0 aliphatic rings. The second-order valence-electron chi connectivity index (χ2n) is 6.06. The summed E-state index contributed by atoms with van der Waals surface area (Å²) in [6.45, 7) is 2.02. The zero-order valence-electron chi connectivity index (χ0n) is 14.5. The average molecular weight is 362 g/mol. The van der Waals surface area contributed by atoms with Gasteiger partial charge in [0.25, 0.3) is 5.56 Å². The lowest BCUT2D eigenvalue weighted by molar-refractivity contribution is 0.394. The maximum Gasteiger partial charge on any atom is 0.267 e. The number of benzene rings is 2. The Kier molecular flexibility index (Phi) is 4.33. The first-order valence-corrected chi connectivity index (χ1v) is 8.32. The first-order valence-electron chi connectivity index (χ1n) is 8.32. The maximum absolute atomic E-state index is 13.1. The first kappa shape index (κ1) is 16.8. The van der Waals surface area contributed by atoms with Crippen molar-refractivity contribution in [2.75, 3.05) is 0 Å². The molecule has 4 aromatic rings. The van der Waals surface area contributed by atoms with Gasteiger partial charge >= 0.3 is 0 Å². The number of rotatable bonds is 4. The standard InChI is InChI=1S/C20H15FN4O2/c1-13-22-20(24-27-13)16-4-2-3-14(11-16)12-25-19(26)10-9-18(23-25)15-5-7-17(21)8-6-15/h2-11H,12H2,1H3. The van der Waals surface area contributed by atoms with Crippen LogP contribution in [0.1, 0.15) is 11.5 Å². The molecule has 0 amide bonds. The van der Waals surface area contributed by atoms with Crippen LogP contribution in [0.3, 0.4) is 0 Å². The Morgan fingerprint density at radius 1 is 1.04 bits per heavy atom. The molecule has 0 aliphatic carbocycles. The molecule has 0 unspecified atom stereocenters. The molecule has 0 saturated carbocycles. The molecule has 2 aromatic carbocycles. The van der Waals surface area contributed by atoms with Crippen LogP contribution in [0.15, 0.2) is 70.0 Å². The third-order valence-electron chi connectivity index (χ3n) is 4.05. The van der Waals surface area contributed by atoms with Crippen molar-refractivity contribution in [2.24, 2.45) is 0 Å². The maximum atomic E-state index is 13.1. The number of aryl methyl sites for hydroxylation is 1. The molecule has 2 heterocycles. The second-order valence-corrected chi connectivity index (χ2v) is 6.06. The van der Waals surface area contributed by atoms with E-state index < -0.39 is 0 Å². The topological polar surface area (TPSA) is 73.8 Å². The zero-order valence-corrected chi connectivity index (χ0v) is 14.5. The van der Waals surface area contributed by atoms with Crippen LogP contribution >= 0.6 is 0 Å². The quantitative estimate of drug-likeness (QED) is 0.556. The normalized spacial score (nSPS) is 10.9. The van der Waals surface area contributed by atoms with Gasteiger partial charge in [-0.25, -0.2) is 9.07 Å². The highest BCUT2D eigenvalue weighted by molar-refractivity contribution is 5.58. The van der Waals surface area contributed by atoms with Gasteiger partial charge in [0.1, 0.15) is 5.82 Å². The van der Waals surface area contributed by atoms with Crippen LogP contribution in [0.25, 0.3) is 22.6 Å². The Morgan fingerprint density at radius 2 is 1.85 bits per heavy atom. The fourth-order valence-corrected chi connectivity index (χ4v) is 2.74. The van der Waals surface area contributed by atoms with E-state index in [1.807, 2.05) is 24.3 Å². The van der Waals surface area contributed by atoms with E-state index in [9.17, 15) is 9.18 Å². The predicted octanol–water partition coefficient (Wildman–Crippen LogP) is 3.46. The molecule has 0 radical (unpaired) electrons. The van der Waals surface area contributed by atoms with Crippen LogP contribution in [0, 0.1) is 12.7 Å². The molecule has 4 rings (SSSR count). The Labute approximate surface area is 153 Å². The van der Waals surface area contributed by atoms with Crippen molar-refractivity contribution in [3.63, 3.8) is 0 Å². The minimum Gasteiger partial charge on any atom is -0.339 e. The lowest BCUT2D eigenvalue weighted by Gasteiger charge is -2.08. The van der Waals surface area contributed by atoms with Crippen LogP contribution in [0.2, 0.25) is 0 Å². The number of hydrogen-bond donors (Lipinski definition) is 0. The third kappa shape index (κ3) is 3.67. The van der Waals surface area contributed by atoms with Gasteiger partial charge in [0.05, 0.1) is 12.2 Å². The van der Waals surface area contributed by atoms with Gasteiger partial charge in [-0.15, -0.1) is 0 Å². The highest BCUT2D eigenvalue weighted by Crippen LogP contribution is 2.18. The van der Waals surface area contributed by atoms with E-state index in [4.69, 9.17) is 4.52 Å². The molecular weight excluding hydrogens is 347 g/mol. The van der Waals surface area contributed by atoms with E-state index in [-0.39, 0.29) is 11.4 Å². The molecule has 6 nitrogen and oxygen atoms in total. The molecular formula is C20H15FN4O2. The van der Waals surface area contributed by atoms with Crippen molar-refractivity contribution in [1.29, 1.82) is 0 Å². The third-order valence-corrected chi connectivity index (χ3v) is 4.05. The fraction of sp³-hybridized carbons (Fsp3) is 0.100. The van der Waals surface area contributed by atoms with E-state index in [0.29, 0.717) is 24.0 Å². The average Bonchev–Trinajstić information content (AvgIpc) is 3.11. The summed E-state index contributed by atoms with van der Waals surface area (Å²) in [5, 5.41) is 8.32. The summed E-state index contributed by atoms with van der Waals surface area (Å²) in [5.41, 5.74) is 2.79. The van der Waals surface area contributed by atoms with Crippen molar-refractivity contribution < 1.29 is 8.91 Å². The number of hydrogen-bond acceptors (Lipinski definition) is 5. The zero-order chi connectivity index (χ0) is 18.8. The van der Waals surface area contributed by atoms with Crippen molar-refractivity contribution in [3.05, 3.63) is 88.3 Å². The van der Waals surface area contributed by atoms with E-state index in [1.54, 1.807) is 25.1 Å². The summed E-state index contributed by atoms with van der Waals surface area (Å²) >= 11 is 0. The van der Waals surface area contributed by atoms with E-state index in [2.05, 4.69) is 15.2 Å². The summed E-state index contributed by atoms with van der Waals surface area (Å²) in [5.74, 6) is 0.663. The molecule has 0 aliphatic heterocycles. The highest BCUT2D eigenvalue weighted by atomic mass is 19.1. The van der Waals surface area contributed by atoms with Crippen LogP contribution < -0.4 is 5.56 Å². The molecule has 0 atom stereocenters. The molecule has 0 bridgehead atoms. The van der Waals surface area contributed by atoms with Gasteiger partial charge in [0, 0.05) is 24.1 Å². The van der Waals surface area contributed by atoms with Gasteiger partial charge < -0.3 is 4.52 Å². The lowest BCUT2D eigenvalue weighted by atomic mass is 10.1. The summed E-state index contributed by atoms with van der Waals surface area (Å²) in [4.78, 5) is 16.4. The SMILES string of the molecule is Cc1nc(-c2cccc(Cn3nc(-c4ccc(F)cc4)ccc3=O)c2)no1. The molecule has 2 aromatic heterocycles. The molecule has 0 saturated heterocycles. The molecule has 0 spiro atoms. The number of halogens is 1. The number of nitrogens with zero attached hydrogens (tertiary/aromatic N) is 4. The number of aromatic nitrogens is 4. The molecule has 0 fully saturated rings. The molecule has 134 valence electrons. The van der Waals surface area contributed by atoms with E-state index in [0.717, 1.165) is 16.7 Å². The van der Waals surface area contributed by atoms with Gasteiger partial charge in [0.2, 0.25) is 11.7 Å². The van der Waals surface area contributed by atoms with Crippen molar-refractivity contribution in [1.82, 2.24) is 19.9 Å². The van der Waals surface area contributed by atoms with E-state index in [1.165, 1.54) is 22.9 Å². The van der Waals surface area contributed by atoms with Gasteiger partial charge in [-0.3, -0.25) is 4.79 Å². The van der Waals surface area contributed by atoms with Gasteiger partial charge in [-0.2, -0.15) is 10.1 Å². The Morgan fingerprint density at radius 3 is 2.59 bits per heavy atom. The smallest absolute Gasteiger partial charge is 0.267 e. The predicted molar refractivity (Wildman–Crippen MR) is 97.5 cm³/mol. The van der Waals surface area contributed by atoms with Gasteiger partial charge in [-0.1, -0.05) is 23.4 Å². The summed E-state index contributed by atoms with van der Waals surface area (Å²) in [7, 11) is 0. The Hall–Kier alpha value is -3.61. The molecule has 0 N–H and O–H groups in total. The summed E-state index contributed by atoms with van der Waals surface area (Å²) in [6.07, 6.45) is 0. The molecule has 7 heteroatoms. The van der Waals surface area contributed by atoms with Crippen LogP contribution in [-0.4, -0.2) is 19.9 Å². The van der Waals surface area contributed by atoms with Crippen molar-refractivity contribution >= 4 is 0 Å². The first-order chi connectivity index (χ1) is 13.1. The summed E-state index contributed by atoms with van der Waals surface area (Å²) < 4.78 is 19.5. The van der Waals surface area contributed by atoms with Crippen molar-refractivity contribution in [3.8, 4) is 22.6 Å². The Bertz CT molecular complexity index is 1150. The van der Waals surface area contributed by atoms with Crippen LogP contribution in [-0.2, 0) is 6.54 Å². The minimum atomic E-state index is -0.319. The van der Waals surface area contributed by atoms with Crippen LogP contribution in [0.4, 0.5) is 4.39 Å². The highest BCUT2D eigenvalue weighted by Gasteiger charge is 2.08. The van der Waals surface area contributed by atoms with E-state index >= 15 is 0 Å². The van der Waals surface area contributed by atoms with Crippen molar-refractivity contribution in [2.45, 2.75) is 13.5 Å². The Balaban J connectivity index is 1.65. The minimum absolute atomic E-state index is 0.221. The molecule has 27 heavy (non-hydrogen) atoms. The summed E-state index contributed by atoms with van der Waals surface area (Å²) in [6, 6.07) is 16.6. The van der Waals surface area contributed by atoms with Gasteiger partial charge in [0.15, 0.2) is 0 Å². The van der Waals surface area contributed by atoms with Gasteiger partial charge in [-0.05, 0) is 42.0 Å².